The van der Waals surface area contributed by atoms with Gasteiger partial charge in [-0.05, 0) is 6.42 Å². The Morgan fingerprint density at radius 1 is 0.731 bits per heavy atom. The summed E-state index contributed by atoms with van der Waals surface area (Å²) in [6, 6.07) is 3.42. The SMILES string of the molecule is CCCCCCCCCCCCCCCCCC(=O)OC(C)(C#N)C#N. The molecule has 0 N–H and O–H groups in total. The number of esters is 1. The van der Waals surface area contributed by atoms with E-state index >= 15 is 0 Å². The van der Waals surface area contributed by atoms with Gasteiger partial charge in [-0.1, -0.05) is 96.8 Å². The van der Waals surface area contributed by atoms with Crippen LogP contribution in [0.1, 0.15) is 117 Å². The molecule has 0 spiro atoms. The summed E-state index contributed by atoms with van der Waals surface area (Å²) in [6.07, 6.45) is 19.5. The fourth-order valence-corrected chi connectivity index (χ4v) is 2.99. The van der Waals surface area contributed by atoms with Crippen molar-refractivity contribution in [2.24, 2.45) is 0 Å². The van der Waals surface area contributed by atoms with Gasteiger partial charge in [-0.2, -0.15) is 10.5 Å². The first-order chi connectivity index (χ1) is 12.6. The highest BCUT2D eigenvalue weighted by Crippen LogP contribution is 2.14. The van der Waals surface area contributed by atoms with Gasteiger partial charge in [0.25, 0.3) is 5.60 Å². The van der Waals surface area contributed by atoms with Crippen LogP contribution in [0.15, 0.2) is 0 Å². The minimum atomic E-state index is -1.65. The number of nitrogens with zero attached hydrogens (tertiary/aromatic N) is 2. The number of carbonyl (C=O) groups is 1. The molecule has 0 heterocycles. The first kappa shape index (κ1) is 24.5. The van der Waals surface area contributed by atoms with Crippen molar-refractivity contribution in [3.63, 3.8) is 0 Å². The molecule has 0 radical (unpaired) electrons. The molecule has 0 saturated heterocycles. The lowest BCUT2D eigenvalue weighted by Gasteiger charge is -2.13. The van der Waals surface area contributed by atoms with Crippen LogP contribution >= 0.6 is 0 Å². The van der Waals surface area contributed by atoms with Gasteiger partial charge in [0.1, 0.15) is 12.1 Å². The maximum atomic E-state index is 11.6. The topological polar surface area (TPSA) is 73.9 Å². The standard InChI is InChI=1S/C22H38N2O2/c1-3-4-5-6-7-8-9-10-11-12-13-14-15-16-17-18-21(25)26-22(2,19-23)20-24/h3-18H2,1-2H3. The van der Waals surface area contributed by atoms with E-state index in [1.54, 1.807) is 12.1 Å². The fraction of sp³-hybridized carbons (Fsp3) is 0.864. The molecule has 0 aliphatic carbocycles. The molecule has 26 heavy (non-hydrogen) atoms. The molecule has 0 aromatic carbocycles. The first-order valence-electron chi connectivity index (χ1n) is 10.6. The fourth-order valence-electron chi connectivity index (χ4n) is 2.99. The predicted molar refractivity (Wildman–Crippen MR) is 105 cm³/mol. The molecular weight excluding hydrogens is 324 g/mol. The largest absolute Gasteiger partial charge is 0.430 e. The minimum absolute atomic E-state index is 0.289. The van der Waals surface area contributed by atoms with Gasteiger partial charge in [-0.3, -0.25) is 4.79 Å². The molecule has 0 bridgehead atoms. The Kier molecular flexibility index (Phi) is 15.9. The number of carbonyl (C=O) groups excluding carboxylic acids is 1. The Morgan fingerprint density at radius 3 is 1.42 bits per heavy atom. The molecule has 0 aliphatic rings. The van der Waals surface area contributed by atoms with Gasteiger partial charge in [0.05, 0.1) is 0 Å². The Morgan fingerprint density at radius 2 is 1.08 bits per heavy atom. The lowest BCUT2D eigenvalue weighted by molar-refractivity contribution is -0.149. The van der Waals surface area contributed by atoms with Crippen molar-refractivity contribution >= 4 is 5.97 Å². The van der Waals surface area contributed by atoms with Crippen molar-refractivity contribution in [3.8, 4) is 12.1 Å². The third kappa shape index (κ3) is 14.8. The third-order valence-corrected chi connectivity index (χ3v) is 4.73. The Labute approximate surface area is 160 Å². The van der Waals surface area contributed by atoms with Gasteiger partial charge in [0.2, 0.25) is 0 Å². The summed E-state index contributed by atoms with van der Waals surface area (Å²) in [5, 5.41) is 17.6. The van der Waals surface area contributed by atoms with Crippen LogP contribution < -0.4 is 0 Å². The van der Waals surface area contributed by atoms with Crippen molar-refractivity contribution in [2.75, 3.05) is 0 Å². The van der Waals surface area contributed by atoms with E-state index < -0.39 is 11.6 Å². The van der Waals surface area contributed by atoms with E-state index in [2.05, 4.69) is 6.92 Å². The number of rotatable bonds is 17. The van der Waals surface area contributed by atoms with Crippen LogP contribution in [0.4, 0.5) is 0 Å². The van der Waals surface area contributed by atoms with Crippen molar-refractivity contribution in [2.45, 2.75) is 122 Å². The van der Waals surface area contributed by atoms with Gasteiger partial charge in [0.15, 0.2) is 0 Å². The molecule has 0 aliphatic heterocycles. The highest BCUT2D eigenvalue weighted by Gasteiger charge is 2.27. The highest BCUT2D eigenvalue weighted by atomic mass is 16.6. The van der Waals surface area contributed by atoms with Crippen LogP contribution in [0.2, 0.25) is 0 Å². The third-order valence-electron chi connectivity index (χ3n) is 4.73. The molecule has 0 rings (SSSR count). The normalized spacial score (nSPS) is 10.9. The second-order valence-electron chi connectivity index (χ2n) is 7.43. The lowest BCUT2D eigenvalue weighted by Crippen LogP contribution is -2.27. The minimum Gasteiger partial charge on any atom is -0.430 e. The summed E-state index contributed by atoms with van der Waals surface area (Å²) < 4.78 is 4.89. The van der Waals surface area contributed by atoms with E-state index in [9.17, 15) is 4.79 Å². The molecule has 0 fully saturated rings. The summed E-state index contributed by atoms with van der Waals surface area (Å²) in [4.78, 5) is 11.6. The lowest BCUT2D eigenvalue weighted by atomic mass is 10.0. The molecule has 0 atom stereocenters. The predicted octanol–water partition coefficient (Wildman–Crippen LogP) is 6.60. The van der Waals surface area contributed by atoms with Gasteiger partial charge in [0, 0.05) is 13.3 Å². The number of unbranched alkanes of at least 4 members (excludes halogenated alkanes) is 14. The van der Waals surface area contributed by atoms with E-state index in [4.69, 9.17) is 15.3 Å². The van der Waals surface area contributed by atoms with E-state index in [1.165, 1.54) is 84.0 Å². The van der Waals surface area contributed by atoms with Crippen LogP contribution in [0.5, 0.6) is 0 Å². The molecular formula is C22H38N2O2. The van der Waals surface area contributed by atoms with E-state index in [1.807, 2.05) is 0 Å². The van der Waals surface area contributed by atoms with Crippen molar-refractivity contribution < 1.29 is 9.53 Å². The summed E-state index contributed by atoms with van der Waals surface area (Å²) in [5.41, 5.74) is -1.65. The summed E-state index contributed by atoms with van der Waals surface area (Å²) in [6.45, 7) is 3.58. The molecule has 0 aromatic heterocycles. The van der Waals surface area contributed by atoms with Gasteiger partial charge in [-0.15, -0.1) is 0 Å². The van der Waals surface area contributed by atoms with Crippen LogP contribution in [-0.2, 0) is 9.53 Å². The maximum absolute atomic E-state index is 11.6. The van der Waals surface area contributed by atoms with E-state index in [-0.39, 0.29) is 6.42 Å². The number of ether oxygens (including phenoxy) is 1. The summed E-state index contributed by atoms with van der Waals surface area (Å²) in [5.74, 6) is -0.453. The monoisotopic (exact) mass is 362 g/mol. The quantitative estimate of drug-likeness (QED) is 0.216. The number of hydrogen-bond acceptors (Lipinski definition) is 4. The van der Waals surface area contributed by atoms with Gasteiger partial charge in [-0.25, -0.2) is 0 Å². The van der Waals surface area contributed by atoms with Crippen LogP contribution in [0.3, 0.4) is 0 Å². The zero-order valence-electron chi connectivity index (χ0n) is 17.0. The zero-order valence-corrected chi connectivity index (χ0v) is 17.0. The Bertz CT molecular complexity index is 420. The van der Waals surface area contributed by atoms with Crippen LogP contribution in [-0.4, -0.2) is 11.6 Å². The molecule has 148 valence electrons. The Hall–Kier alpha value is -1.55. The molecule has 0 aromatic rings. The maximum Gasteiger partial charge on any atom is 0.308 e. The molecule has 4 heteroatoms. The average Bonchev–Trinajstić information content (AvgIpc) is 2.64. The highest BCUT2D eigenvalue weighted by molar-refractivity contribution is 5.70. The van der Waals surface area contributed by atoms with Gasteiger partial charge < -0.3 is 4.74 Å². The van der Waals surface area contributed by atoms with E-state index in [0.29, 0.717) is 0 Å². The first-order valence-corrected chi connectivity index (χ1v) is 10.6. The van der Waals surface area contributed by atoms with E-state index in [0.717, 1.165) is 19.3 Å². The zero-order chi connectivity index (χ0) is 19.5. The van der Waals surface area contributed by atoms with Crippen molar-refractivity contribution in [3.05, 3.63) is 0 Å². The molecule has 0 amide bonds. The smallest absolute Gasteiger partial charge is 0.308 e. The second-order valence-corrected chi connectivity index (χ2v) is 7.43. The summed E-state index contributed by atoms with van der Waals surface area (Å²) >= 11 is 0. The van der Waals surface area contributed by atoms with Gasteiger partial charge >= 0.3 is 5.97 Å². The molecule has 0 unspecified atom stereocenters. The van der Waals surface area contributed by atoms with Crippen molar-refractivity contribution in [1.82, 2.24) is 0 Å². The number of hydrogen-bond donors (Lipinski definition) is 0. The average molecular weight is 363 g/mol. The number of nitriles is 2. The molecule has 4 nitrogen and oxygen atoms in total. The van der Waals surface area contributed by atoms with Crippen LogP contribution in [0, 0.1) is 22.7 Å². The second kappa shape index (κ2) is 16.9. The van der Waals surface area contributed by atoms with Crippen LogP contribution in [0.25, 0.3) is 0 Å². The van der Waals surface area contributed by atoms with Crippen molar-refractivity contribution in [1.29, 1.82) is 10.5 Å². The Balaban J connectivity index is 3.31. The summed E-state index contributed by atoms with van der Waals surface area (Å²) in [7, 11) is 0. The molecule has 0 saturated carbocycles.